The summed E-state index contributed by atoms with van der Waals surface area (Å²) in [6.07, 6.45) is 0. The third kappa shape index (κ3) is 4.81. The average Bonchev–Trinajstić information content (AvgIpc) is 2.53. The van der Waals surface area contributed by atoms with Gasteiger partial charge < -0.3 is 26.0 Å². The molecule has 2 amide bonds. The van der Waals surface area contributed by atoms with E-state index in [9.17, 15) is 19.5 Å². The summed E-state index contributed by atoms with van der Waals surface area (Å²) in [7, 11) is 0. The van der Waals surface area contributed by atoms with E-state index in [0.29, 0.717) is 11.3 Å². The van der Waals surface area contributed by atoms with Crippen molar-refractivity contribution >= 4 is 29.3 Å². The van der Waals surface area contributed by atoms with Gasteiger partial charge in [-0.05, 0) is 49.7 Å². The summed E-state index contributed by atoms with van der Waals surface area (Å²) in [4.78, 5) is 34.3. The second-order valence-electron chi connectivity index (χ2n) is 6.13. The van der Waals surface area contributed by atoms with Crippen LogP contribution >= 0.6 is 0 Å². The molecule has 0 heterocycles. The lowest BCUT2D eigenvalue weighted by Crippen LogP contribution is -2.21. The molecule has 0 unspecified atom stereocenters. The van der Waals surface area contributed by atoms with Crippen molar-refractivity contribution in [1.82, 2.24) is 0 Å². The standard InChI is InChI=1S/C18H18N2O6/c1-18(2,26)12-4-3-5-13(9-12)19-17(25)20-14-7-10(15(21)22)6-11(8-14)16(23)24/h3-9,26H,1-2H3,(H,21,22)(H,23,24)(H2,19,20,25). The zero-order valence-electron chi connectivity index (χ0n) is 14.1. The van der Waals surface area contributed by atoms with Gasteiger partial charge in [0, 0.05) is 11.4 Å². The molecule has 0 aliphatic rings. The number of carboxylic acids is 2. The molecule has 2 aromatic carbocycles. The number of benzene rings is 2. The second kappa shape index (κ2) is 7.24. The van der Waals surface area contributed by atoms with Gasteiger partial charge in [-0.15, -0.1) is 0 Å². The van der Waals surface area contributed by atoms with Gasteiger partial charge in [0.25, 0.3) is 0 Å². The Labute approximate surface area is 149 Å². The monoisotopic (exact) mass is 358 g/mol. The summed E-state index contributed by atoms with van der Waals surface area (Å²) in [6.45, 7) is 3.22. The maximum atomic E-state index is 12.1. The van der Waals surface area contributed by atoms with Crippen molar-refractivity contribution in [3.63, 3.8) is 0 Å². The number of carbonyl (C=O) groups is 3. The van der Waals surface area contributed by atoms with Crippen LogP contribution in [0.25, 0.3) is 0 Å². The number of anilines is 2. The maximum absolute atomic E-state index is 12.1. The average molecular weight is 358 g/mol. The van der Waals surface area contributed by atoms with E-state index in [1.165, 1.54) is 0 Å². The molecule has 8 heteroatoms. The van der Waals surface area contributed by atoms with E-state index < -0.39 is 23.6 Å². The van der Waals surface area contributed by atoms with Crippen LogP contribution in [-0.2, 0) is 5.60 Å². The first-order valence-corrected chi connectivity index (χ1v) is 7.59. The smallest absolute Gasteiger partial charge is 0.335 e. The summed E-state index contributed by atoms with van der Waals surface area (Å²) in [5, 5.41) is 33.0. The van der Waals surface area contributed by atoms with Crippen molar-refractivity contribution in [1.29, 1.82) is 0 Å². The molecule has 0 fully saturated rings. The predicted octanol–water partition coefficient (Wildman–Crippen LogP) is 2.95. The van der Waals surface area contributed by atoms with Gasteiger partial charge >= 0.3 is 18.0 Å². The molecule has 0 radical (unpaired) electrons. The number of rotatable bonds is 5. The molecule has 5 N–H and O–H groups in total. The number of carboxylic acid groups (broad SMARTS) is 2. The van der Waals surface area contributed by atoms with Crippen molar-refractivity contribution in [3.05, 3.63) is 59.2 Å². The highest BCUT2D eigenvalue weighted by molar-refractivity contribution is 6.02. The molecule has 0 saturated heterocycles. The molecule has 0 atom stereocenters. The number of hydrogen-bond donors (Lipinski definition) is 5. The van der Waals surface area contributed by atoms with E-state index in [0.717, 1.165) is 18.2 Å². The highest BCUT2D eigenvalue weighted by Gasteiger charge is 2.17. The van der Waals surface area contributed by atoms with Gasteiger partial charge in [-0.2, -0.15) is 0 Å². The molecule has 0 aromatic heterocycles. The highest BCUT2D eigenvalue weighted by Crippen LogP contribution is 2.23. The van der Waals surface area contributed by atoms with Crippen molar-refractivity contribution in [2.24, 2.45) is 0 Å². The molecule has 0 bridgehead atoms. The van der Waals surface area contributed by atoms with E-state index in [4.69, 9.17) is 10.2 Å². The third-order valence-corrected chi connectivity index (χ3v) is 3.51. The zero-order valence-corrected chi connectivity index (χ0v) is 14.1. The molecule has 2 aromatic rings. The highest BCUT2D eigenvalue weighted by atomic mass is 16.4. The van der Waals surface area contributed by atoms with Crippen LogP contribution in [0.5, 0.6) is 0 Å². The van der Waals surface area contributed by atoms with Gasteiger partial charge in [0.05, 0.1) is 16.7 Å². The zero-order chi connectivity index (χ0) is 19.5. The van der Waals surface area contributed by atoms with E-state index in [-0.39, 0.29) is 16.8 Å². The van der Waals surface area contributed by atoms with Crippen molar-refractivity contribution in [3.8, 4) is 0 Å². The first-order valence-electron chi connectivity index (χ1n) is 7.59. The number of urea groups is 1. The lowest BCUT2D eigenvalue weighted by molar-refractivity contribution is 0.0696. The van der Waals surface area contributed by atoms with Gasteiger partial charge in [0.1, 0.15) is 0 Å². The fraction of sp³-hybridized carbons (Fsp3) is 0.167. The Morgan fingerprint density at radius 1 is 0.846 bits per heavy atom. The molecule has 136 valence electrons. The van der Waals surface area contributed by atoms with Crippen LogP contribution in [0.3, 0.4) is 0 Å². The Balaban J connectivity index is 2.20. The summed E-state index contributed by atoms with van der Waals surface area (Å²) in [5.74, 6) is -2.62. The van der Waals surface area contributed by atoms with Gasteiger partial charge in [0.15, 0.2) is 0 Å². The molecular formula is C18H18N2O6. The molecule has 2 rings (SSSR count). The SMILES string of the molecule is CC(C)(O)c1cccc(NC(=O)Nc2cc(C(=O)O)cc(C(=O)O)c2)c1. The number of aromatic carboxylic acids is 2. The maximum Gasteiger partial charge on any atom is 0.335 e. The fourth-order valence-electron chi connectivity index (χ4n) is 2.22. The third-order valence-electron chi connectivity index (χ3n) is 3.51. The molecule has 0 saturated carbocycles. The number of nitrogens with one attached hydrogen (secondary N) is 2. The van der Waals surface area contributed by atoms with Crippen LogP contribution in [0, 0.1) is 0 Å². The summed E-state index contributed by atoms with van der Waals surface area (Å²) >= 11 is 0. The van der Waals surface area contributed by atoms with Crippen molar-refractivity contribution < 1.29 is 29.7 Å². The van der Waals surface area contributed by atoms with Crippen LogP contribution in [-0.4, -0.2) is 33.3 Å². The summed E-state index contributed by atoms with van der Waals surface area (Å²) < 4.78 is 0. The topological polar surface area (TPSA) is 136 Å². The minimum atomic E-state index is -1.31. The Bertz CT molecular complexity index is 838. The first kappa shape index (κ1) is 18.9. The molecular weight excluding hydrogens is 340 g/mol. The lowest BCUT2D eigenvalue weighted by Gasteiger charge is -2.18. The van der Waals surface area contributed by atoms with E-state index >= 15 is 0 Å². The Kier molecular flexibility index (Phi) is 5.27. The molecule has 8 nitrogen and oxygen atoms in total. The Hall–Kier alpha value is -3.39. The number of aliphatic hydroxyl groups is 1. The van der Waals surface area contributed by atoms with E-state index in [1.54, 1.807) is 38.1 Å². The first-order chi connectivity index (χ1) is 12.1. The van der Waals surface area contributed by atoms with Crippen LogP contribution in [0.15, 0.2) is 42.5 Å². The summed E-state index contributed by atoms with van der Waals surface area (Å²) in [5.41, 5.74) is -0.571. The van der Waals surface area contributed by atoms with Crippen molar-refractivity contribution in [2.75, 3.05) is 10.6 Å². The number of carbonyl (C=O) groups excluding carboxylic acids is 1. The van der Waals surface area contributed by atoms with Crippen LogP contribution in [0.2, 0.25) is 0 Å². The minimum Gasteiger partial charge on any atom is -0.478 e. The number of amides is 2. The van der Waals surface area contributed by atoms with E-state index in [1.807, 2.05) is 0 Å². The fourth-order valence-corrected chi connectivity index (χ4v) is 2.22. The van der Waals surface area contributed by atoms with Crippen LogP contribution in [0.4, 0.5) is 16.2 Å². The van der Waals surface area contributed by atoms with Gasteiger partial charge in [-0.25, -0.2) is 14.4 Å². The van der Waals surface area contributed by atoms with E-state index in [2.05, 4.69) is 10.6 Å². The van der Waals surface area contributed by atoms with Gasteiger partial charge in [0.2, 0.25) is 0 Å². The van der Waals surface area contributed by atoms with Crippen LogP contribution < -0.4 is 10.6 Å². The van der Waals surface area contributed by atoms with Gasteiger partial charge in [-0.1, -0.05) is 12.1 Å². The Morgan fingerprint density at radius 3 is 1.88 bits per heavy atom. The molecule has 0 aliphatic heterocycles. The largest absolute Gasteiger partial charge is 0.478 e. The number of hydrogen-bond acceptors (Lipinski definition) is 4. The molecule has 26 heavy (non-hydrogen) atoms. The quantitative estimate of drug-likeness (QED) is 0.557. The van der Waals surface area contributed by atoms with Crippen molar-refractivity contribution in [2.45, 2.75) is 19.4 Å². The normalized spacial score (nSPS) is 10.9. The predicted molar refractivity (Wildman–Crippen MR) is 94.7 cm³/mol. The molecule has 0 spiro atoms. The second-order valence-corrected chi connectivity index (χ2v) is 6.13. The minimum absolute atomic E-state index is 0.0263. The summed E-state index contributed by atoms with van der Waals surface area (Å²) in [6, 6.07) is 9.21. The Morgan fingerprint density at radius 2 is 1.38 bits per heavy atom. The molecule has 0 aliphatic carbocycles. The van der Waals surface area contributed by atoms with Gasteiger partial charge in [-0.3, -0.25) is 0 Å². The lowest BCUT2D eigenvalue weighted by atomic mass is 9.98. The van der Waals surface area contributed by atoms with Crippen LogP contribution in [0.1, 0.15) is 40.1 Å².